The van der Waals surface area contributed by atoms with Crippen molar-refractivity contribution in [2.45, 2.75) is 0 Å². The number of pyridine rings is 1. The molecule has 10 aromatic carbocycles. The maximum atomic E-state index is 15.6. The number of hydrogen-bond acceptors (Lipinski definition) is 2. The molecule has 57 heavy (non-hydrogen) atoms. The second-order valence-electron chi connectivity index (χ2n) is 15.0. The first kappa shape index (κ1) is 32.2. The Hall–Kier alpha value is -7.06. The Bertz CT molecular complexity index is 3550. The van der Waals surface area contributed by atoms with Gasteiger partial charge in [-0.15, -0.1) is 0 Å². The summed E-state index contributed by atoms with van der Waals surface area (Å²) in [6.45, 7) is 0. The monoisotopic (exact) mass is 744 g/mol. The molecule has 12 rings (SSSR count). The van der Waals surface area contributed by atoms with Crippen LogP contribution < -0.4 is 15.9 Å². The van der Waals surface area contributed by atoms with E-state index in [9.17, 15) is 0 Å². The minimum absolute atomic E-state index is 0.843. The zero-order valence-corrected chi connectivity index (χ0v) is 31.7. The first-order chi connectivity index (χ1) is 28.1. The third kappa shape index (κ3) is 4.67. The van der Waals surface area contributed by atoms with E-state index in [0.717, 1.165) is 65.2 Å². The van der Waals surface area contributed by atoms with Gasteiger partial charge in [-0.25, -0.2) is 4.98 Å². The molecule has 0 atom stereocenters. The molecule has 0 aliphatic heterocycles. The predicted octanol–water partition coefficient (Wildman–Crippen LogP) is 12.7. The van der Waals surface area contributed by atoms with Crippen molar-refractivity contribution in [2.75, 3.05) is 0 Å². The van der Waals surface area contributed by atoms with Crippen LogP contribution in [0.4, 0.5) is 0 Å². The van der Waals surface area contributed by atoms with E-state index in [-0.39, 0.29) is 0 Å². The largest absolute Gasteiger partial charge is 0.309 e. The molecule has 0 bridgehead atoms. The molecule has 0 saturated heterocycles. The van der Waals surface area contributed by atoms with Crippen molar-refractivity contribution in [3.63, 3.8) is 0 Å². The molecule has 0 aliphatic carbocycles. The van der Waals surface area contributed by atoms with Gasteiger partial charge in [0.15, 0.2) is 7.14 Å². The molecule has 3 nitrogen and oxygen atoms in total. The summed E-state index contributed by atoms with van der Waals surface area (Å²) in [5, 5.41) is 13.1. The van der Waals surface area contributed by atoms with Crippen LogP contribution in [-0.2, 0) is 4.57 Å². The SMILES string of the molecule is O=P(c1ccccc1)(c1ccccc1)c1ccc2ccc3c(-c4ccc(-c5ccc6c(c5)c5ccccc5c5nc7ccccc7n65)cc4)ccc4ccc1c2c43. The van der Waals surface area contributed by atoms with Crippen LogP contribution in [0.5, 0.6) is 0 Å². The Labute approximate surface area is 328 Å². The van der Waals surface area contributed by atoms with E-state index in [4.69, 9.17) is 4.98 Å². The molecule has 12 aromatic rings. The Morgan fingerprint density at radius 2 is 0.982 bits per heavy atom. The van der Waals surface area contributed by atoms with Crippen molar-refractivity contribution in [3.8, 4) is 22.3 Å². The van der Waals surface area contributed by atoms with E-state index in [1.165, 1.54) is 43.6 Å². The first-order valence-electron chi connectivity index (χ1n) is 19.4. The van der Waals surface area contributed by atoms with E-state index in [0.29, 0.717) is 0 Å². The van der Waals surface area contributed by atoms with Gasteiger partial charge in [0.2, 0.25) is 0 Å². The highest BCUT2D eigenvalue weighted by molar-refractivity contribution is 7.85. The number of aromatic nitrogens is 2. The zero-order valence-electron chi connectivity index (χ0n) is 30.8. The molecule has 0 amide bonds. The number of fused-ring (bicyclic) bond motifs is 8. The average Bonchev–Trinajstić information content (AvgIpc) is 3.69. The minimum atomic E-state index is -3.19. The third-order valence-corrected chi connectivity index (χ3v) is 15.1. The summed E-state index contributed by atoms with van der Waals surface area (Å²) in [5.41, 5.74) is 8.94. The Morgan fingerprint density at radius 3 is 1.74 bits per heavy atom. The number of para-hydroxylation sites is 2. The highest BCUT2D eigenvalue weighted by Crippen LogP contribution is 2.47. The lowest BCUT2D eigenvalue weighted by molar-refractivity contribution is 0.592. The van der Waals surface area contributed by atoms with Gasteiger partial charge in [0, 0.05) is 26.7 Å². The highest BCUT2D eigenvalue weighted by Gasteiger charge is 2.32. The van der Waals surface area contributed by atoms with Crippen molar-refractivity contribution in [2.24, 2.45) is 0 Å². The van der Waals surface area contributed by atoms with Crippen molar-refractivity contribution >= 4 is 93.7 Å². The fourth-order valence-electron chi connectivity index (χ4n) is 9.35. The number of rotatable bonds is 5. The van der Waals surface area contributed by atoms with Crippen LogP contribution in [0.1, 0.15) is 0 Å². The van der Waals surface area contributed by atoms with Crippen LogP contribution in [0, 0.1) is 0 Å². The Balaban J connectivity index is 1.00. The molecule has 0 fully saturated rings. The highest BCUT2D eigenvalue weighted by atomic mass is 31.2. The summed E-state index contributed by atoms with van der Waals surface area (Å²) < 4.78 is 17.9. The van der Waals surface area contributed by atoms with Crippen LogP contribution in [-0.4, -0.2) is 9.38 Å². The molecule has 4 heteroatoms. The van der Waals surface area contributed by atoms with E-state index < -0.39 is 7.14 Å². The molecule has 266 valence electrons. The molecule has 0 spiro atoms. The predicted molar refractivity (Wildman–Crippen MR) is 242 cm³/mol. The van der Waals surface area contributed by atoms with Gasteiger partial charge in [0.05, 0.1) is 16.6 Å². The van der Waals surface area contributed by atoms with Gasteiger partial charge in [-0.2, -0.15) is 0 Å². The second kappa shape index (κ2) is 12.2. The topological polar surface area (TPSA) is 34.4 Å². The molecular weight excluding hydrogens is 712 g/mol. The maximum absolute atomic E-state index is 15.6. The van der Waals surface area contributed by atoms with Gasteiger partial charge >= 0.3 is 0 Å². The van der Waals surface area contributed by atoms with Crippen LogP contribution >= 0.6 is 7.14 Å². The molecular formula is C53H33N2OP. The van der Waals surface area contributed by atoms with Crippen molar-refractivity contribution < 1.29 is 4.57 Å². The van der Waals surface area contributed by atoms with Crippen LogP contribution in [0.15, 0.2) is 200 Å². The molecule has 0 unspecified atom stereocenters. The lowest BCUT2D eigenvalue weighted by Crippen LogP contribution is -2.25. The zero-order chi connectivity index (χ0) is 37.7. The van der Waals surface area contributed by atoms with Crippen LogP contribution in [0.25, 0.3) is 92.9 Å². The molecule has 2 aromatic heterocycles. The van der Waals surface area contributed by atoms with Gasteiger partial charge in [-0.3, -0.25) is 4.40 Å². The van der Waals surface area contributed by atoms with Crippen LogP contribution in [0.3, 0.4) is 0 Å². The van der Waals surface area contributed by atoms with Gasteiger partial charge in [0.1, 0.15) is 5.65 Å². The summed E-state index contributed by atoms with van der Waals surface area (Å²) in [7, 11) is -3.19. The molecule has 0 N–H and O–H groups in total. The minimum Gasteiger partial charge on any atom is -0.309 e. The molecule has 0 saturated carbocycles. The van der Waals surface area contributed by atoms with Crippen LogP contribution in [0.2, 0.25) is 0 Å². The molecule has 0 aliphatic rings. The Kier molecular flexibility index (Phi) is 6.90. The number of hydrogen-bond donors (Lipinski definition) is 0. The summed E-state index contributed by atoms with van der Waals surface area (Å²) in [4.78, 5) is 5.05. The fourth-order valence-corrected chi connectivity index (χ4v) is 12.2. The van der Waals surface area contributed by atoms with E-state index >= 15 is 4.57 Å². The first-order valence-corrected chi connectivity index (χ1v) is 21.1. The second-order valence-corrected chi connectivity index (χ2v) is 17.7. The summed E-state index contributed by atoms with van der Waals surface area (Å²) in [6, 6.07) is 70.3. The maximum Gasteiger partial charge on any atom is 0.171 e. The number of nitrogens with zero attached hydrogens (tertiary/aromatic N) is 2. The van der Waals surface area contributed by atoms with Gasteiger partial charge < -0.3 is 4.57 Å². The third-order valence-electron chi connectivity index (χ3n) is 12.0. The standard InChI is InChI=1S/C53H33N2OP/c56-57(39-11-3-1-4-12-39,40-13-5-2-6-14-40)50-32-27-37-24-29-43-41(28-23-36-25-30-45(50)52(37)51(36)43)35-21-19-34(20-22-35)38-26-31-48-46(33-38)42-15-7-8-16-44(42)53-54-47-17-9-10-18-49(47)55(48)53/h1-33H. The smallest absolute Gasteiger partial charge is 0.171 e. The van der Waals surface area contributed by atoms with Gasteiger partial charge in [-0.05, 0) is 90.3 Å². The van der Waals surface area contributed by atoms with E-state index in [2.05, 4.69) is 144 Å². The molecule has 0 radical (unpaired) electrons. The fraction of sp³-hybridized carbons (Fsp3) is 0. The Morgan fingerprint density at radius 1 is 0.404 bits per heavy atom. The van der Waals surface area contributed by atoms with E-state index in [1.807, 2.05) is 60.7 Å². The van der Waals surface area contributed by atoms with Crippen molar-refractivity contribution in [1.29, 1.82) is 0 Å². The summed E-state index contributed by atoms with van der Waals surface area (Å²) in [6.07, 6.45) is 0. The number of imidazole rings is 1. The number of benzene rings is 10. The quantitative estimate of drug-likeness (QED) is 0.130. The van der Waals surface area contributed by atoms with Gasteiger partial charge in [0.25, 0.3) is 0 Å². The van der Waals surface area contributed by atoms with Gasteiger partial charge in [-0.1, -0.05) is 170 Å². The molecule has 2 heterocycles. The lowest BCUT2D eigenvalue weighted by atomic mass is 9.89. The van der Waals surface area contributed by atoms with Crippen molar-refractivity contribution in [1.82, 2.24) is 9.38 Å². The van der Waals surface area contributed by atoms with E-state index in [1.54, 1.807) is 0 Å². The average molecular weight is 745 g/mol. The summed E-state index contributed by atoms with van der Waals surface area (Å²) >= 11 is 0. The lowest BCUT2D eigenvalue weighted by Gasteiger charge is -2.23. The summed E-state index contributed by atoms with van der Waals surface area (Å²) in [5.74, 6) is 0. The van der Waals surface area contributed by atoms with Crippen molar-refractivity contribution in [3.05, 3.63) is 200 Å². The normalized spacial score (nSPS) is 12.3.